The SMILES string of the molecule is C=CC(=O)N1CC(C)N2c3c(c(=O)n(-c4c(C)ccnc4C(C)C)c4c(F)c(-c5c(O)cccc5F)c(F)cc34)CC2C1. The molecular weight excluding hydrogens is 557 g/mol. The van der Waals surface area contributed by atoms with E-state index in [9.17, 15) is 14.7 Å². The average molecular weight is 589 g/mol. The number of phenols is 1. The van der Waals surface area contributed by atoms with E-state index in [1.807, 2.05) is 25.7 Å². The van der Waals surface area contributed by atoms with E-state index >= 15 is 13.2 Å². The molecule has 2 atom stereocenters. The Labute approximate surface area is 246 Å². The molecule has 10 heteroatoms. The molecule has 0 spiro atoms. The first-order valence-electron chi connectivity index (χ1n) is 14.2. The van der Waals surface area contributed by atoms with E-state index in [1.165, 1.54) is 16.7 Å². The lowest BCUT2D eigenvalue weighted by molar-refractivity contribution is -0.127. The number of amides is 1. The molecule has 7 nitrogen and oxygen atoms in total. The van der Waals surface area contributed by atoms with Gasteiger partial charge in [0, 0.05) is 42.7 Å². The van der Waals surface area contributed by atoms with Gasteiger partial charge in [-0.25, -0.2) is 13.2 Å². The van der Waals surface area contributed by atoms with Crippen molar-refractivity contribution >= 4 is 22.5 Å². The van der Waals surface area contributed by atoms with Gasteiger partial charge in [0.25, 0.3) is 5.56 Å². The molecule has 1 saturated heterocycles. The van der Waals surface area contributed by atoms with E-state index < -0.39 is 39.9 Å². The second-order valence-electron chi connectivity index (χ2n) is 11.6. The summed E-state index contributed by atoms with van der Waals surface area (Å²) in [6, 6.07) is 5.63. The van der Waals surface area contributed by atoms with Crippen LogP contribution in [-0.2, 0) is 11.2 Å². The highest BCUT2D eigenvalue weighted by Gasteiger charge is 2.43. The standard InChI is InChI=1S/C33H31F3N4O3/c1-6-25(42)38-14-18(5)39-19(15-38)12-21-31(39)20-13-23(35)27(26-22(34)8-7-9-24(26)41)28(36)32(20)40(33(21)43)30-17(4)10-11-37-29(30)16(2)3/h6-11,13,16,18-19,41H,1,12,14-15H2,2-5H3. The Kier molecular flexibility index (Phi) is 6.82. The Hall–Kier alpha value is -4.60. The quantitative estimate of drug-likeness (QED) is 0.307. The average Bonchev–Trinajstić information content (AvgIpc) is 3.36. The Bertz CT molecular complexity index is 1880. The number of phenolic OH excluding ortho intramolecular Hbond substituents is 1. The monoisotopic (exact) mass is 588 g/mol. The van der Waals surface area contributed by atoms with Crippen LogP contribution in [-0.4, -0.2) is 50.6 Å². The van der Waals surface area contributed by atoms with Crippen LogP contribution >= 0.6 is 0 Å². The van der Waals surface area contributed by atoms with Crippen LogP contribution < -0.4 is 10.5 Å². The highest BCUT2D eigenvalue weighted by Crippen LogP contribution is 2.45. The van der Waals surface area contributed by atoms with Gasteiger partial charge in [0.05, 0.1) is 39.8 Å². The van der Waals surface area contributed by atoms with E-state index in [0.717, 1.165) is 18.2 Å². The zero-order chi connectivity index (χ0) is 30.9. The van der Waals surface area contributed by atoms with Crippen molar-refractivity contribution in [2.24, 2.45) is 0 Å². The van der Waals surface area contributed by atoms with Crippen molar-refractivity contribution in [3.05, 3.63) is 93.8 Å². The summed E-state index contributed by atoms with van der Waals surface area (Å²) in [5, 5.41) is 10.6. The van der Waals surface area contributed by atoms with E-state index in [2.05, 4.69) is 11.6 Å². The minimum absolute atomic E-state index is 0.139. The van der Waals surface area contributed by atoms with Crippen molar-refractivity contribution in [3.8, 4) is 22.6 Å². The number of carbonyl (C=O) groups is 1. The number of fused-ring (bicyclic) bond motifs is 5. The molecule has 222 valence electrons. The number of hydrogen-bond acceptors (Lipinski definition) is 5. The van der Waals surface area contributed by atoms with Crippen molar-refractivity contribution < 1.29 is 23.1 Å². The number of anilines is 1. The highest BCUT2D eigenvalue weighted by molar-refractivity contribution is 6.00. The van der Waals surface area contributed by atoms with E-state index in [1.54, 1.807) is 24.1 Å². The molecule has 4 aromatic rings. The number of aromatic nitrogens is 2. The number of halogens is 3. The molecule has 2 aromatic heterocycles. The first-order chi connectivity index (χ1) is 20.5. The summed E-state index contributed by atoms with van der Waals surface area (Å²) in [5.41, 5.74) is 0.176. The Morgan fingerprint density at radius 1 is 1.12 bits per heavy atom. The lowest BCUT2D eigenvalue weighted by Gasteiger charge is -2.43. The van der Waals surface area contributed by atoms with E-state index in [0.29, 0.717) is 41.3 Å². The second-order valence-corrected chi connectivity index (χ2v) is 11.6. The number of benzene rings is 2. The Morgan fingerprint density at radius 3 is 2.53 bits per heavy atom. The van der Waals surface area contributed by atoms with Gasteiger partial charge in [-0.2, -0.15) is 0 Å². The summed E-state index contributed by atoms with van der Waals surface area (Å²) >= 11 is 0. The van der Waals surface area contributed by atoms with Gasteiger partial charge in [-0.05, 0) is 55.7 Å². The van der Waals surface area contributed by atoms with Gasteiger partial charge < -0.3 is 14.9 Å². The molecule has 0 saturated carbocycles. The molecule has 0 aliphatic carbocycles. The van der Waals surface area contributed by atoms with Crippen LogP contribution in [0.4, 0.5) is 18.9 Å². The van der Waals surface area contributed by atoms with Crippen LogP contribution in [0.1, 0.15) is 43.5 Å². The van der Waals surface area contributed by atoms with Gasteiger partial charge in [-0.3, -0.25) is 19.1 Å². The molecule has 2 aliphatic heterocycles. The number of aromatic hydroxyl groups is 1. The van der Waals surface area contributed by atoms with Gasteiger partial charge in [0.15, 0.2) is 5.82 Å². The maximum Gasteiger partial charge on any atom is 0.261 e. The number of nitrogens with zero attached hydrogens (tertiary/aromatic N) is 4. The number of hydrogen-bond donors (Lipinski definition) is 1. The van der Waals surface area contributed by atoms with Crippen molar-refractivity contribution in [1.82, 2.24) is 14.5 Å². The van der Waals surface area contributed by atoms with Crippen LogP contribution in [0.3, 0.4) is 0 Å². The molecule has 0 bridgehead atoms. The predicted octanol–water partition coefficient (Wildman–Crippen LogP) is 5.76. The third-order valence-electron chi connectivity index (χ3n) is 8.55. The van der Waals surface area contributed by atoms with Gasteiger partial charge in [-0.1, -0.05) is 26.5 Å². The van der Waals surface area contributed by atoms with Gasteiger partial charge in [0.2, 0.25) is 5.91 Å². The van der Waals surface area contributed by atoms with Crippen LogP contribution in [0.15, 0.2) is 54.0 Å². The van der Waals surface area contributed by atoms with Crippen molar-refractivity contribution in [1.29, 1.82) is 0 Å². The van der Waals surface area contributed by atoms with Crippen molar-refractivity contribution in [2.75, 3.05) is 18.0 Å². The fourth-order valence-electron chi connectivity index (χ4n) is 6.77. The summed E-state index contributed by atoms with van der Waals surface area (Å²) in [7, 11) is 0. The number of pyridine rings is 2. The third-order valence-corrected chi connectivity index (χ3v) is 8.55. The molecular formula is C33H31F3N4O3. The van der Waals surface area contributed by atoms with Crippen LogP contribution in [0.2, 0.25) is 0 Å². The minimum atomic E-state index is -1.18. The molecule has 1 N–H and O–H groups in total. The second kappa shape index (κ2) is 10.3. The lowest BCUT2D eigenvalue weighted by Crippen LogP contribution is -2.57. The maximum absolute atomic E-state index is 17.0. The smallest absolute Gasteiger partial charge is 0.261 e. The highest BCUT2D eigenvalue weighted by atomic mass is 19.1. The summed E-state index contributed by atoms with van der Waals surface area (Å²) in [4.78, 5) is 35.2. The maximum atomic E-state index is 17.0. The molecule has 1 fully saturated rings. The molecule has 2 aliphatic rings. The molecule has 2 aromatic carbocycles. The van der Waals surface area contributed by atoms with Gasteiger partial charge in [-0.15, -0.1) is 0 Å². The largest absolute Gasteiger partial charge is 0.507 e. The van der Waals surface area contributed by atoms with Gasteiger partial charge in [0.1, 0.15) is 17.4 Å². The summed E-state index contributed by atoms with van der Waals surface area (Å²) in [6.45, 7) is 11.7. The molecule has 6 rings (SSSR count). The zero-order valence-electron chi connectivity index (χ0n) is 24.3. The normalized spacial score (nSPS) is 17.9. The summed E-state index contributed by atoms with van der Waals surface area (Å²) in [6.07, 6.45) is 3.11. The summed E-state index contributed by atoms with van der Waals surface area (Å²) < 4.78 is 49.3. The third kappa shape index (κ3) is 4.22. The fourth-order valence-corrected chi connectivity index (χ4v) is 6.77. The molecule has 1 amide bonds. The van der Waals surface area contributed by atoms with Crippen molar-refractivity contribution in [3.63, 3.8) is 0 Å². The fraction of sp³-hybridized carbons (Fsp3) is 0.303. The van der Waals surface area contributed by atoms with Crippen LogP contribution in [0, 0.1) is 24.4 Å². The minimum Gasteiger partial charge on any atom is -0.507 e. The van der Waals surface area contributed by atoms with Crippen molar-refractivity contribution in [2.45, 2.75) is 52.1 Å². The number of aryl methyl sites for hydroxylation is 1. The van der Waals surface area contributed by atoms with Crippen LogP contribution in [0.25, 0.3) is 27.7 Å². The first-order valence-corrected chi connectivity index (χ1v) is 14.2. The topological polar surface area (TPSA) is 78.7 Å². The Balaban J connectivity index is 1.75. The number of rotatable bonds is 4. The molecule has 0 radical (unpaired) electrons. The molecule has 43 heavy (non-hydrogen) atoms. The van der Waals surface area contributed by atoms with Gasteiger partial charge >= 0.3 is 0 Å². The molecule has 4 heterocycles. The number of piperazine rings is 1. The number of carbonyl (C=O) groups excluding carboxylic acids is 1. The lowest BCUT2D eigenvalue weighted by atomic mass is 9.97. The molecule has 2 unspecified atom stereocenters. The van der Waals surface area contributed by atoms with E-state index in [-0.39, 0.29) is 41.2 Å². The predicted molar refractivity (Wildman–Crippen MR) is 159 cm³/mol. The first kappa shape index (κ1) is 28.5. The summed E-state index contributed by atoms with van der Waals surface area (Å²) in [5.74, 6) is -4.29. The van der Waals surface area contributed by atoms with E-state index in [4.69, 9.17) is 0 Å². The zero-order valence-corrected chi connectivity index (χ0v) is 24.3. The van der Waals surface area contributed by atoms with Crippen LogP contribution in [0.5, 0.6) is 5.75 Å². The Morgan fingerprint density at radius 2 is 1.86 bits per heavy atom.